The van der Waals surface area contributed by atoms with Gasteiger partial charge in [-0.1, -0.05) is 12.1 Å². The van der Waals surface area contributed by atoms with Gasteiger partial charge in [0.1, 0.15) is 0 Å². The number of hydrogen-bond acceptors (Lipinski definition) is 4. The van der Waals surface area contributed by atoms with Crippen molar-refractivity contribution < 1.29 is 22.7 Å². The van der Waals surface area contributed by atoms with Crippen molar-refractivity contribution in [2.24, 2.45) is 5.73 Å². The van der Waals surface area contributed by atoms with E-state index in [0.29, 0.717) is 16.3 Å². The Hall–Kier alpha value is -3.16. The number of nitrogens with zero attached hydrogens (tertiary/aromatic N) is 2. The number of carbonyl (C=O) groups excluding carboxylic acids is 1. The van der Waals surface area contributed by atoms with Crippen LogP contribution < -0.4 is 10.5 Å². The molecule has 0 aliphatic rings. The summed E-state index contributed by atoms with van der Waals surface area (Å²) in [4.78, 5) is 11.4. The van der Waals surface area contributed by atoms with Gasteiger partial charge in [0.2, 0.25) is 11.8 Å². The molecule has 8 heteroatoms. The van der Waals surface area contributed by atoms with Crippen LogP contribution in [0, 0.1) is 6.92 Å². The summed E-state index contributed by atoms with van der Waals surface area (Å²) in [6.07, 6.45) is -5.07. The topological polar surface area (TPSA) is 78.1 Å². The van der Waals surface area contributed by atoms with Crippen molar-refractivity contribution in [3.63, 3.8) is 0 Å². The van der Waals surface area contributed by atoms with Crippen LogP contribution in [0.15, 0.2) is 42.6 Å². The molecule has 1 heterocycles. The Morgan fingerprint density at radius 2 is 1.93 bits per heavy atom. The average Bonchev–Trinajstić information content (AvgIpc) is 2.61. The number of benzene rings is 2. The summed E-state index contributed by atoms with van der Waals surface area (Å²) in [5.41, 5.74) is 8.18. The number of halogens is 3. The fourth-order valence-electron chi connectivity index (χ4n) is 2.64. The van der Waals surface area contributed by atoms with Crippen molar-refractivity contribution >= 4 is 16.7 Å². The second-order valence-electron chi connectivity index (χ2n) is 6.15. The van der Waals surface area contributed by atoms with Crippen molar-refractivity contribution in [2.45, 2.75) is 26.1 Å². The van der Waals surface area contributed by atoms with Crippen LogP contribution in [-0.4, -0.2) is 28.4 Å². The lowest BCUT2D eigenvalue weighted by Gasteiger charge is -2.17. The maximum absolute atomic E-state index is 12.8. The van der Waals surface area contributed by atoms with E-state index in [4.69, 9.17) is 10.5 Å². The first-order valence-electron chi connectivity index (χ1n) is 8.06. The normalized spacial score (nSPS) is 12.8. The summed E-state index contributed by atoms with van der Waals surface area (Å²) >= 11 is 0. The molecule has 1 amide bonds. The van der Waals surface area contributed by atoms with Crippen molar-refractivity contribution in [3.05, 3.63) is 53.7 Å². The number of hydrogen-bond donors (Lipinski definition) is 1. The van der Waals surface area contributed by atoms with Gasteiger partial charge in [0.15, 0.2) is 6.10 Å². The lowest BCUT2D eigenvalue weighted by molar-refractivity contribution is -0.189. The van der Waals surface area contributed by atoms with Gasteiger partial charge >= 0.3 is 6.18 Å². The Labute approximate surface area is 153 Å². The second-order valence-corrected chi connectivity index (χ2v) is 6.15. The van der Waals surface area contributed by atoms with Crippen LogP contribution in [0.3, 0.4) is 0 Å². The molecule has 1 aromatic heterocycles. The van der Waals surface area contributed by atoms with E-state index in [1.807, 2.05) is 6.92 Å². The first-order valence-corrected chi connectivity index (χ1v) is 8.06. The summed E-state index contributed by atoms with van der Waals surface area (Å²) in [6.45, 7) is 2.79. The maximum Gasteiger partial charge on any atom is 0.425 e. The largest absolute Gasteiger partial charge is 0.463 e. The number of nitrogens with two attached hydrogens (primary N) is 1. The van der Waals surface area contributed by atoms with Crippen LogP contribution >= 0.6 is 0 Å². The fraction of sp³-hybridized carbons (Fsp3) is 0.211. The summed E-state index contributed by atoms with van der Waals surface area (Å²) in [5, 5.41) is 8.39. The summed E-state index contributed by atoms with van der Waals surface area (Å²) in [7, 11) is 0. The van der Waals surface area contributed by atoms with Crippen molar-refractivity contribution in [2.75, 3.05) is 0 Å². The van der Waals surface area contributed by atoms with Gasteiger partial charge in [0.25, 0.3) is 0 Å². The van der Waals surface area contributed by atoms with Gasteiger partial charge in [-0.05, 0) is 54.8 Å². The zero-order valence-electron chi connectivity index (χ0n) is 14.5. The minimum atomic E-state index is -4.50. The van der Waals surface area contributed by atoms with E-state index in [0.717, 1.165) is 23.6 Å². The van der Waals surface area contributed by atoms with Crippen LogP contribution in [-0.2, 0) is 0 Å². The first kappa shape index (κ1) is 18.6. The van der Waals surface area contributed by atoms with E-state index in [1.165, 1.54) is 6.20 Å². The van der Waals surface area contributed by atoms with Gasteiger partial charge in [-0.2, -0.15) is 18.3 Å². The van der Waals surface area contributed by atoms with Crippen molar-refractivity contribution in [3.8, 4) is 17.0 Å². The standard InChI is InChI=1S/C19H16F3N3O2/c1-10-3-4-13(17(23)26)8-16(10)12-5-6-15-14(7-12)9-24-25-18(15)27-11(2)19(20,21)22/h3-9,11H,1-2H3,(H2,23,26)/t11-/m1/s1. The molecule has 0 spiro atoms. The molecule has 2 aromatic carbocycles. The van der Waals surface area contributed by atoms with E-state index >= 15 is 0 Å². The molecule has 27 heavy (non-hydrogen) atoms. The number of amides is 1. The highest BCUT2D eigenvalue weighted by molar-refractivity contribution is 5.95. The van der Waals surface area contributed by atoms with Gasteiger partial charge in [0, 0.05) is 16.3 Å². The Morgan fingerprint density at radius 1 is 1.19 bits per heavy atom. The summed E-state index contributed by atoms with van der Waals surface area (Å²) in [5.74, 6) is -0.730. The van der Waals surface area contributed by atoms with Gasteiger partial charge in [-0.15, -0.1) is 5.10 Å². The molecule has 0 bridgehead atoms. The molecular formula is C19H16F3N3O2. The smallest absolute Gasteiger partial charge is 0.425 e. The molecule has 2 N–H and O–H groups in total. The highest BCUT2D eigenvalue weighted by Crippen LogP contribution is 2.32. The lowest BCUT2D eigenvalue weighted by Crippen LogP contribution is -2.31. The Bertz CT molecular complexity index is 1020. The molecule has 0 saturated heterocycles. The third kappa shape index (κ3) is 3.84. The SMILES string of the molecule is Cc1ccc(C(N)=O)cc1-c1ccc2c(O[C@H](C)C(F)(F)F)nncc2c1. The molecule has 3 aromatic rings. The average molecular weight is 375 g/mol. The molecule has 140 valence electrons. The molecule has 0 unspecified atom stereocenters. The predicted molar refractivity (Wildman–Crippen MR) is 94.4 cm³/mol. The van der Waals surface area contributed by atoms with E-state index in [-0.39, 0.29) is 5.88 Å². The predicted octanol–water partition coefficient (Wildman–Crippen LogP) is 4.03. The second kappa shape index (κ2) is 6.86. The third-order valence-electron chi connectivity index (χ3n) is 4.21. The maximum atomic E-state index is 12.8. The van der Waals surface area contributed by atoms with Gasteiger partial charge in [0.05, 0.1) is 6.20 Å². The van der Waals surface area contributed by atoms with Crippen LogP contribution in [0.25, 0.3) is 21.9 Å². The van der Waals surface area contributed by atoms with Crippen LogP contribution in [0.1, 0.15) is 22.8 Å². The zero-order chi connectivity index (χ0) is 19.8. The van der Waals surface area contributed by atoms with E-state index in [2.05, 4.69) is 10.2 Å². The van der Waals surface area contributed by atoms with E-state index < -0.39 is 18.2 Å². The molecule has 0 fully saturated rings. The van der Waals surface area contributed by atoms with Crippen molar-refractivity contribution in [1.29, 1.82) is 0 Å². The number of aromatic nitrogens is 2. The number of alkyl halides is 3. The van der Waals surface area contributed by atoms with E-state index in [1.54, 1.807) is 36.4 Å². The van der Waals surface area contributed by atoms with Crippen LogP contribution in [0.2, 0.25) is 0 Å². The van der Waals surface area contributed by atoms with E-state index in [9.17, 15) is 18.0 Å². The molecule has 3 rings (SSSR count). The monoisotopic (exact) mass is 375 g/mol. The first-order chi connectivity index (χ1) is 12.7. The molecular weight excluding hydrogens is 359 g/mol. The van der Waals surface area contributed by atoms with Gasteiger partial charge in [-0.3, -0.25) is 4.79 Å². The Balaban J connectivity index is 2.05. The highest BCUT2D eigenvalue weighted by Gasteiger charge is 2.38. The van der Waals surface area contributed by atoms with Crippen LogP contribution in [0.4, 0.5) is 13.2 Å². The minimum Gasteiger partial charge on any atom is -0.463 e. The fourth-order valence-corrected chi connectivity index (χ4v) is 2.64. The zero-order valence-corrected chi connectivity index (χ0v) is 14.5. The summed E-state index contributed by atoms with van der Waals surface area (Å²) in [6, 6.07) is 10.2. The van der Waals surface area contributed by atoms with Crippen LogP contribution in [0.5, 0.6) is 5.88 Å². The van der Waals surface area contributed by atoms with Crippen molar-refractivity contribution in [1.82, 2.24) is 10.2 Å². The number of ether oxygens (including phenoxy) is 1. The number of rotatable bonds is 4. The number of fused-ring (bicyclic) bond motifs is 1. The molecule has 0 radical (unpaired) electrons. The summed E-state index contributed by atoms with van der Waals surface area (Å²) < 4.78 is 43.2. The van der Waals surface area contributed by atoms with Gasteiger partial charge in [-0.25, -0.2) is 0 Å². The number of primary amides is 1. The molecule has 0 saturated carbocycles. The number of carbonyl (C=O) groups is 1. The Kier molecular flexibility index (Phi) is 4.73. The van der Waals surface area contributed by atoms with Gasteiger partial charge < -0.3 is 10.5 Å². The minimum absolute atomic E-state index is 0.188. The number of aryl methyl sites for hydroxylation is 1. The molecule has 5 nitrogen and oxygen atoms in total. The highest BCUT2D eigenvalue weighted by atomic mass is 19.4. The Morgan fingerprint density at radius 3 is 2.59 bits per heavy atom. The quantitative estimate of drug-likeness (QED) is 0.747. The molecule has 1 atom stereocenters. The lowest BCUT2D eigenvalue weighted by atomic mass is 9.96. The third-order valence-corrected chi connectivity index (χ3v) is 4.21. The molecule has 0 aliphatic carbocycles. The molecule has 0 aliphatic heterocycles.